The van der Waals surface area contributed by atoms with Gasteiger partial charge in [0.05, 0.1) is 12.7 Å². The van der Waals surface area contributed by atoms with Crippen LogP contribution < -0.4 is 10.6 Å². The lowest BCUT2D eigenvalue weighted by molar-refractivity contribution is -0.137. The highest BCUT2D eigenvalue weighted by atomic mass is 19.4. The number of benzene rings is 3. The van der Waals surface area contributed by atoms with Crippen LogP contribution in [0.3, 0.4) is 0 Å². The van der Waals surface area contributed by atoms with Gasteiger partial charge in [-0.1, -0.05) is 30.3 Å². The lowest BCUT2D eigenvalue weighted by Crippen LogP contribution is -2.34. The van der Waals surface area contributed by atoms with E-state index in [2.05, 4.69) is 10.6 Å². The Bertz CT molecular complexity index is 1270. The van der Waals surface area contributed by atoms with E-state index in [1.807, 2.05) is 31.2 Å². The number of amides is 2. The lowest BCUT2D eigenvalue weighted by Gasteiger charge is -2.15. The Balaban J connectivity index is 1.54. The SMILES string of the molecule is COC(=O)NC1CCc2ccc(NC(=O)c3cccc(C)c3-c3ccc(C(F)(F)F)cc3)cc2CC1. The molecule has 188 valence electrons. The van der Waals surface area contributed by atoms with Crippen molar-refractivity contribution in [2.75, 3.05) is 12.4 Å². The number of halogens is 3. The summed E-state index contributed by atoms with van der Waals surface area (Å²) in [6.45, 7) is 1.82. The molecule has 2 amide bonds. The first-order chi connectivity index (χ1) is 17.2. The molecular formula is C28H27F3N2O3. The Morgan fingerprint density at radius 2 is 1.64 bits per heavy atom. The van der Waals surface area contributed by atoms with Crippen LogP contribution in [-0.4, -0.2) is 25.2 Å². The Kier molecular flexibility index (Phi) is 7.33. The Morgan fingerprint density at radius 3 is 2.31 bits per heavy atom. The molecule has 4 rings (SSSR count). The number of rotatable bonds is 4. The zero-order chi connectivity index (χ0) is 25.9. The summed E-state index contributed by atoms with van der Waals surface area (Å²) >= 11 is 0. The number of anilines is 1. The summed E-state index contributed by atoms with van der Waals surface area (Å²) in [5, 5.41) is 5.80. The van der Waals surface area contributed by atoms with Gasteiger partial charge in [0.2, 0.25) is 0 Å². The Hall–Kier alpha value is -3.81. The van der Waals surface area contributed by atoms with Crippen molar-refractivity contribution in [3.8, 4) is 11.1 Å². The zero-order valence-electron chi connectivity index (χ0n) is 20.0. The van der Waals surface area contributed by atoms with E-state index in [1.54, 1.807) is 12.1 Å². The molecule has 1 atom stereocenters. The molecule has 2 N–H and O–H groups in total. The van der Waals surface area contributed by atoms with Crippen LogP contribution in [0.15, 0.2) is 60.7 Å². The summed E-state index contributed by atoms with van der Waals surface area (Å²) < 4.78 is 43.7. The van der Waals surface area contributed by atoms with Crippen LogP contribution in [0.4, 0.5) is 23.7 Å². The molecule has 8 heteroatoms. The quantitative estimate of drug-likeness (QED) is 0.403. The van der Waals surface area contributed by atoms with Crippen molar-refractivity contribution >= 4 is 17.7 Å². The number of hydrogen-bond acceptors (Lipinski definition) is 3. The predicted molar refractivity (Wildman–Crippen MR) is 132 cm³/mol. The van der Waals surface area contributed by atoms with Gasteiger partial charge in [0, 0.05) is 17.3 Å². The molecule has 0 saturated heterocycles. The largest absolute Gasteiger partial charge is 0.453 e. The molecule has 0 bridgehead atoms. The van der Waals surface area contributed by atoms with Crippen LogP contribution in [0, 0.1) is 6.92 Å². The van der Waals surface area contributed by atoms with Crippen molar-refractivity contribution in [2.45, 2.75) is 44.8 Å². The van der Waals surface area contributed by atoms with Gasteiger partial charge in [0.25, 0.3) is 5.91 Å². The normalized spacial score (nSPS) is 15.4. The fraction of sp³-hybridized carbons (Fsp3) is 0.286. The molecule has 0 spiro atoms. The highest BCUT2D eigenvalue weighted by Crippen LogP contribution is 2.33. The Morgan fingerprint density at radius 1 is 0.944 bits per heavy atom. The molecule has 5 nitrogen and oxygen atoms in total. The van der Waals surface area contributed by atoms with E-state index >= 15 is 0 Å². The van der Waals surface area contributed by atoms with Gasteiger partial charge in [-0.2, -0.15) is 13.2 Å². The number of alkyl halides is 3. The minimum atomic E-state index is -4.43. The standard InChI is InChI=1S/C28H27F3N2O3/c1-17-4-3-5-24(25(17)19-6-11-21(12-7-19)28(29,30)31)26(34)32-23-15-9-18-8-13-22(33-27(35)36-2)14-10-20(18)16-23/h3-7,9,11-12,15-16,22H,8,10,13-14H2,1-2H3,(H,32,34)(H,33,35). The molecule has 1 aliphatic rings. The van der Waals surface area contributed by atoms with Gasteiger partial charge in [-0.3, -0.25) is 4.79 Å². The van der Waals surface area contributed by atoms with Crippen LogP contribution >= 0.6 is 0 Å². The van der Waals surface area contributed by atoms with Crippen LogP contribution in [0.5, 0.6) is 0 Å². The molecule has 0 aromatic heterocycles. The molecule has 0 heterocycles. The molecule has 0 fully saturated rings. The molecule has 3 aromatic rings. The number of hydrogen-bond donors (Lipinski definition) is 2. The molecule has 36 heavy (non-hydrogen) atoms. The summed E-state index contributed by atoms with van der Waals surface area (Å²) in [6.07, 6.45) is -1.77. The molecular weight excluding hydrogens is 469 g/mol. The van der Waals surface area contributed by atoms with Crippen molar-refractivity contribution in [3.63, 3.8) is 0 Å². The maximum Gasteiger partial charge on any atom is 0.416 e. The number of nitrogens with one attached hydrogen (secondary N) is 2. The number of methoxy groups -OCH3 is 1. The predicted octanol–water partition coefficient (Wildman–Crippen LogP) is 6.54. The van der Waals surface area contributed by atoms with E-state index in [4.69, 9.17) is 4.74 Å². The second-order valence-electron chi connectivity index (χ2n) is 8.92. The monoisotopic (exact) mass is 496 g/mol. The molecule has 1 unspecified atom stereocenters. The van der Waals surface area contributed by atoms with Crippen molar-refractivity contribution in [1.29, 1.82) is 0 Å². The molecule has 1 aliphatic carbocycles. The van der Waals surface area contributed by atoms with Gasteiger partial charge in [-0.05, 0) is 90.8 Å². The number of carbonyl (C=O) groups excluding carboxylic acids is 2. The van der Waals surface area contributed by atoms with E-state index in [0.717, 1.165) is 48.9 Å². The maximum atomic E-state index is 13.3. The Labute approximate surface area is 207 Å². The zero-order valence-corrected chi connectivity index (χ0v) is 20.0. The average Bonchev–Trinajstić information content (AvgIpc) is 3.05. The van der Waals surface area contributed by atoms with Gasteiger partial charge < -0.3 is 15.4 Å². The smallest absolute Gasteiger partial charge is 0.416 e. The maximum absolute atomic E-state index is 13.3. The third kappa shape index (κ3) is 5.70. The summed E-state index contributed by atoms with van der Waals surface area (Å²) in [5.74, 6) is -0.340. The topological polar surface area (TPSA) is 67.4 Å². The summed E-state index contributed by atoms with van der Waals surface area (Å²) in [5.41, 5.74) is 4.48. The number of ether oxygens (including phenoxy) is 1. The third-order valence-electron chi connectivity index (χ3n) is 6.51. The van der Waals surface area contributed by atoms with E-state index in [-0.39, 0.29) is 11.9 Å². The molecule has 0 saturated carbocycles. The third-order valence-corrected chi connectivity index (χ3v) is 6.51. The van der Waals surface area contributed by atoms with Gasteiger partial charge in [-0.25, -0.2) is 4.79 Å². The van der Waals surface area contributed by atoms with E-state index < -0.39 is 17.8 Å². The second-order valence-corrected chi connectivity index (χ2v) is 8.92. The van der Waals surface area contributed by atoms with E-state index in [0.29, 0.717) is 22.4 Å². The van der Waals surface area contributed by atoms with Gasteiger partial charge in [0.1, 0.15) is 0 Å². The fourth-order valence-electron chi connectivity index (χ4n) is 4.62. The highest BCUT2D eigenvalue weighted by molar-refractivity contribution is 6.09. The van der Waals surface area contributed by atoms with Crippen LogP contribution in [0.1, 0.15) is 45.5 Å². The summed E-state index contributed by atoms with van der Waals surface area (Å²) in [4.78, 5) is 24.8. The first-order valence-electron chi connectivity index (χ1n) is 11.7. The highest BCUT2D eigenvalue weighted by Gasteiger charge is 2.30. The number of alkyl carbamates (subject to hydrolysis) is 1. The van der Waals surface area contributed by atoms with Crippen molar-refractivity contribution < 1.29 is 27.5 Å². The second kappa shape index (κ2) is 10.4. The summed E-state index contributed by atoms with van der Waals surface area (Å²) in [6, 6.07) is 15.9. The van der Waals surface area contributed by atoms with Crippen LogP contribution in [0.2, 0.25) is 0 Å². The minimum Gasteiger partial charge on any atom is -0.453 e. The summed E-state index contributed by atoms with van der Waals surface area (Å²) in [7, 11) is 1.34. The van der Waals surface area contributed by atoms with Gasteiger partial charge in [0.15, 0.2) is 0 Å². The van der Waals surface area contributed by atoms with Crippen molar-refractivity contribution in [3.05, 3.63) is 88.5 Å². The number of aryl methyl sites for hydroxylation is 3. The average molecular weight is 497 g/mol. The number of carbonyl (C=O) groups is 2. The fourth-order valence-corrected chi connectivity index (χ4v) is 4.62. The van der Waals surface area contributed by atoms with Gasteiger partial charge >= 0.3 is 12.3 Å². The van der Waals surface area contributed by atoms with Gasteiger partial charge in [-0.15, -0.1) is 0 Å². The van der Waals surface area contributed by atoms with Crippen LogP contribution in [-0.2, 0) is 23.8 Å². The molecule has 3 aromatic carbocycles. The molecule has 0 radical (unpaired) electrons. The number of fused-ring (bicyclic) bond motifs is 1. The van der Waals surface area contributed by atoms with Crippen molar-refractivity contribution in [2.24, 2.45) is 0 Å². The first-order valence-corrected chi connectivity index (χ1v) is 11.7. The molecule has 0 aliphatic heterocycles. The first kappa shape index (κ1) is 25.3. The van der Waals surface area contributed by atoms with E-state index in [9.17, 15) is 22.8 Å². The van der Waals surface area contributed by atoms with E-state index in [1.165, 1.54) is 24.8 Å². The van der Waals surface area contributed by atoms with Crippen LogP contribution in [0.25, 0.3) is 11.1 Å². The van der Waals surface area contributed by atoms with Crippen molar-refractivity contribution in [1.82, 2.24) is 5.32 Å². The lowest BCUT2D eigenvalue weighted by atomic mass is 9.93. The minimum absolute atomic E-state index is 0.0153.